The molecule has 1 aromatic carbocycles. The molecule has 0 saturated heterocycles. The first-order valence-corrected chi connectivity index (χ1v) is 4.47. The van der Waals surface area contributed by atoms with Crippen molar-refractivity contribution in [3.05, 3.63) is 35.1 Å². The second-order valence-corrected chi connectivity index (χ2v) is 3.48. The molecule has 2 heteroatoms. The monoisotopic (exact) mass is 182 g/mol. The van der Waals surface area contributed by atoms with Crippen LogP contribution in [0.15, 0.2) is 18.2 Å². The molecule has 1 aromatic rings. The molecule has 0 aliphatic heterocycles. The number of halogens is 1. The second-order valence-electron chi connectivity index (χ2n) is 3.48. The zero-order valence-corrected chi connectivity index (χ0v) is 8.21. The van der Waals surface area contributed by atoms with Gasteiger partial charge in [0.1, 0.15) is 5.82 Å². The number of aliphatic hydroxyl groups excluding tert-OH is 1. The van der Waals surface area contributed by atoms with Gasteiger partial charge >= 0.3 is 0 Å². The summed E-state index contributed by atoms with van der Waals surface area (Å²) in [7, 11) is 0. The van der Waals surface area contributed by atoms with E-state index >= 15 is 0 Å². The Morgan fingerprint density at radius 1 is 1.31 bits per heavy atom. The van der Waals surface area contributed by atoms with Crippen molar-refractivity contribution in [2.75, 3.05) is 0 Å². The summed E-state index contributed by atoms with van der Waals surface area (Å²) in [6.45, 7) is 5.35. The Morgan fingerprint density at radius 2 is 1.92 bits per heavy atom. The van der Waals surface area contributed by atoms with Gasteiger partial charge in [-0.25, -0.2) is 4.39 Å². The Hall–Kier alpha value is -0.890. The van der Waals surface area contributed by atoms with Crippen LogP contribution in [0.25, 0.3) is 0 Å². The average molecular weight is 182 g/mol. The largest absolute Gasteiger partial charge is 0.393 e. The van der Waals surface area contributed by atoms with Gasteiger partial charge in [0.2, 0.25) is 0 Å². The topological polar surface area (TPSA) is 20.2 Å². The fraction of sp³-hybridized carbons (Fsp3) is 0.455. The van der Waals surface area contributed by atoms with E-state index in [9.17, 15) is 9.50 Å². The highest BCUT2D eigenvalue weighted by Crippen LogP contribution is 2.23. The minimum Gasteiger partial charge on any atom is -0.393 e. The summed E-state index contributed by atoms with van der Waals surface area (Å²) in [5, 5.41) is 9.37. The van der Waals surface area contributed by atoms with Gasteiger partial charge in [0.15, 0.2) is 0 Å². The van der Waals surface area contributed by atoms with Crippen molar-refractivity contribution in [2.45, 2.75) is 32.8 Å². The Kier molecular flexibility index (Phi) is 3.04. The highest BCUT2D eigenvalue weighted by molar-refractivity contribution is 5.30. The zero-order valence-electron chi connectivity index (χ0n) is 8.21. The lowest BCUT2D eigenvalue weighted by Gasteiger charge is -2.17. The molecular formula is C11H15FO. The summed E-state index contributed by atoms with van der Waals surface area (Å²) < 4.78 is 13.1. The quantitative estimate of drug-likeness (QED) is 0.745. The van der Waals surface area contributed by atoms with Gasteiger partial charge in [-0.2, -0.15) is 0 Å². The fourth-order valence-electron chi connectivity index (χ4n) is 1.38. The SMILES string of the molecule is Cc1c(F)cccc1C(C)[C@@H](C)O. The summed E-state index contributed by atoms with van der Waals surface area (Å²) in [6.07, 6.45) is -0.444. The molecule has 2 atom stereocenters. The lowest BCUT2D eigenvalue weighted by molar-refractivity contribution is 0.168. The van der Waals surface area contributed by atoms with Crippen LogP contribution in [-0.2, 0) is 0 Å². The van der Waals surface area contributed by atoms with E-state index in [1.807, 2.05) is 13.0 Å². The third kappa shape index (κ3) is 2.07. The Balaban J connectivity index is 3.07. The maximum absolute atomic E-state index is 13.1. The number of aliphatic hydroxyl groups is 1. The van der Waals surface area contributed by atoms with Crippen molar-refractivity contribution in [3.8, 4) is 0 Å². The zero-order chi connectivity index (χ0) is 10.0. The molecule has 72 valence electrons. The maximum Gasteiger partial charge on any atom is 0.126 e. The van der Waals surface area contributed by atoms with Crippen LogP contribution < -0.4 is 0 Å². The van der Waals surface area contributed by atoms with Crippen molar-refractivity contribution in [3.63, 3.8) is 0 Å². The van der Waals surface area contributed by atoms with Crippen LogP contribution >= 0.6 is 0 Å². The standard InChI is InChI=1S/C11H15FO/c1-7(9(3)13)10-5-4-6-11(12)8(10)2/h4-7,9,13H,1-3H3/t7?,9-/m1/s1. The maximum atomic E-state index is 13.1. The summed E-state index contributed by atoms with van der Waals surface area (Å²) in [5.41, 5.74) is 1.52. The molecular weight excluding hydrogens is 167 g/mol. The minimum atomic E-state index is -0.444. The van der Waals surface area contributed by atoms with E-state index in [0.717, 1.165) is 5.56 Å². The number of benzene rings is 1. The van der Waals surface area contributed by atoms with Crippen LogP contribution in [0, 0.1) is 12.7 Å². The predicted molar refractivity (Wildman–Crippen MR) is 51.2 cm³/mol. The third-order valence-electron chi connectivity index (χ3n) is 2.52. The molecule has 13 heavy (non-hydrogen) atoms. The average Bonchev–Trinajstić information content (AvgIpc) is 2.08. The summed E-state index contributed by atoms with van der Waals surface area (Å²) in [5.74, 6) is -0.222. The van der Waals surface area contributed by atoms with E-state index < -0.39 is 6.10 Å². The lowest BCUT2D eigenvalue weighted by atomic mass is 9.92. The molecule has 1 nitrogen and oxygen atoms in total. The highest BCUT2D eigenvalue weighted by atomic mass is 19.1. The van der Waals surface area contributed by atoms with Crippen LogP contribution in [0.2, 0.25) is 0 Å². The van der Waals surface area contributed by atoms with E-state index in [1.54, 1.807) is 19.9 Å². The van der Waals surface area contributed by atoms with Crippen LogP contribution in [-0.4, -0.2) is 11.2 Å². The Morgan fingerprint density at radius 3 is 2.46 bits per heavy atom. The van der Waals surface area contributed by atoms with Gasteiger partial charge in [-0.1, -0.05) is 19.1 Å². The fourth-order valence-corrected chi connectivity index (χ4v) is 1.38. The molecule has 0 saturated carbocycles. The van der Waals surface area contributed by atoms with E-state index in [2.05, 4.69) is 0 Å². The summed E-state index contributed by atoms with van der Waals surface area (Å²) in [4.78, 5) is 0. The normalized spacial score (nSPS) is 15.5. The lowest BCUT2D eigenvalue weighted by Crippen LogP contribution is -2.12. The van der Waals surface area contributed by atoms with E-state index in [0.29, 0.717) is 5.56 Å². The van der Waals surface area contributed by atoms with E-state index in [4.69, 9.17) is 0 Å². The molecule has 0 aromatic heterocycles. The predicted octanol–water partition coefficient (Wildman–Crippen LogP) is 2.62. The van der Waals surface area contributed by atoms with Crippen molar-refractivity contribution >= 4 is 0 Å². The van der Waals surface area contributed by atoms with Crippen molar-refractivity contribution < 1.29 is 9.50 Å². The first-order chi connectivity index (χ1) is 6.04. The summed E-state index contributed by atoms with van der Waals surface area (Å²) in [6, 6.07) is 4.97. The highest BCUT2D eigenvalue weighted by Gasteiger charge is 2.14. The van der Waals surface area contributed by atoms with E-state index in [-0.39, 0.29) is 11.7 Å². The van der Waals surface area contributed by atoms with Crippen LogP contribution in [0.1, 0.15) is 30.9 Å². The van der Waals surface area contributed by atoms with Gasteiger partial charge in [0.05, 0.1) is 6.10 Å². The molecule has 0 bridgehead atoms. The molecule has 0 spiro atoms. The smallest absolute Gasteiger partial charge is 0.126 e. The van der Waals surface area contributed by atoms with E-state index in [1.165, 1.54) is 6.07 Å². The van der Waals surface area contributed by atoms with Crippen LogP contribution in [0.4, 0.5) is 4.39 Å². The van der Waals surface area contributed by atoms with Gasteiger partial charge in [0, 0.05) is 5.92 Å². The van der Waals surface area contributed by atoms with Gasteiger partial charge in [0.25, 0.3) is 0 Å². The molecule has 0 heterocycles. The van der Waals surface area contributed by atoms with Crippen molar-refractivity contribution in [1.29, 1.82) is 0 Å². The Labute approximate surface area is 78.2 Å². The number of hydrogen-bond donors (Lipinski definition) is 1. The molecule has 1 rings (SSSR count). The van der Waals surface area contributed by atoms with Gasteiger partial charge < -0.3 is 5.11 Å². The number of rotatable bonds is 2. The molecule has 1 N–H and O–H groups in total. The molecule has 0 fully saturated rings. The summed E-state index contributed by atoms with van der Waals surface area (Å²) >= 11 is 0. The first kappa shape index (κ1) is 10.2. The molecule has 0 radical (unpaired) electrons. The van der Waals surface area contributed by atoms with Crippen molar-refractivity contribution in [1.82, 2.24) is 0 Å². The molecule has 0 aliphatic rings. The molecule has 0 amide bonds. The molecule has 1 unspecified atom stereocenters. The van der Waals surface area contributed by atoms with Gasteiger partial charge in [-0.05, 0) is 31.0 Å². The first-order valence-electron chi connectivity index (χ1n) is 4.47. The number of hydrogen-bond acceptors (Lipinski definition) is 1. The third-order valence-corrected chi connectivity index (χ3v) is 2.52. The molecule has 0 aliphatic carbocycles. The van der Waals surface area contributed by atoms with Gasteiger partial charge in [-0.3, -0.25) is 0 Å². The Bertz CT molecular complexity index is 294. The van der Waals surface area contributed by atoms with Gasteiger partial charge in [-0.15, -0.1) is 0 Å². The minimum absolute atomic E-state index is 0.0179. The van der Waals surface area contributed by atoms with Crippen LogP contribution in [0.5, 0.6) is 0 Å². The van der Waals surface area contributed by atoms with Crippen LogP contribution in [0.3, 0.4) is 0 Å². The second kappa shape index (κ2) is 3.88. The van der Waals surface area contributed by atoms with Crippen molar-refractivity contribution in [2.24, 2.45) is 0 Å².